The molecule has 4 heteroatoms. The molecule has 1 aliphatic carbocycles. The summed E-state index contributed by atoms with van der Waals surface area (Å²) >= 11 is 0. The Morgan fingerprint density at radius 3 is 2.94 bits per heavy atom. The van der Waals surface area contributed by atoms with Gasteiger partial charge in [-0.3, -0.25) is 0 Å². The fraction of sp³-hybridized carbons (Fsp3) is 0.667. The van der Waals surface area contributed by atoms with E-state index in [4.69, 9.17) is 0 Å². The second-order valence-electron chi connectivity index (χ2n) is 4.26. The highest BCUT2D eigenvalue weighted by Gasteiger charge is 2.19. The Kier molecular flexibility index (Phi) is 4.10. The molecule has 88 valence electrons. The van der Waals surface area contributed by atoms with Crippen LogP contribution in [-0.2, 0) is 6.42 Å². The van der Waals surface area contributed by atoms with Crippen molar-refractivity contribution in [2.24, 2.45) is 0 Å². The maximum Gasteiger partial charge on any atom is 0.129 e. The zero-order valence-corrected chi connectivity index (χ0v) is 9.87. The lowest BCUT2D eigenvalue weighted by atomic mass is 10.3. The van der Waals surface area contributed by atoms with E-state index in [1.165, 1.54) is 12.8 Å². The largest absolute Gasteiger partial charge is 0.370 e. The second kappa shape index (κ2) is 5.80. The maximum absolute atomic E-state index is 4.19. The van der Waals surface area contributed by atoms with Crippen molar-refractivity contribution in [3.63, 3.8) is 0 Å². The molecule has 0 aliphatic heterocycles. The molecule has 1 aromatic heterocycles. The van der Waals surface area contributed by atoms with Crippen LogP contribution in [0.2, 0.25) is 0 Å². The van der Waals surface area contributed by atoms with E-state index in [9.17, 15) is 0 Å². The molecular weight excluding hydrogens is 200 g/mol. The lowest BCUT2D eigenvalue weighted by molar-refractivity contribution is 0.658. The topological polar surface area (TPSA) is 49.8 Å². The summed E-state index contributed by atoms with van der Waals surface area (Å²) in [5, 5.41) is 6.82. The van der Waals surface area contributed by atoms with Crippen LogP contribution in [-0.4, -0.2) is 29.1 Å². The van der Waals surface area contributed by atoms with Gasteiger partial charge in [-0.1, -0.05) is 6.92 Å². The van der Waals surface area contributed by atoms with Gasteiger partial charge in [0.05, 0.1) is 0 Å². The van der Waals surface area contributed by atoms with E-state index in [1.807, 2.05) is 6.07 Å². The summed E-state index contributed by atoms with van der Waals surface area (Å²) < 4.78 is 0. The highest BCUT2D eigenvalue weighted by Crippen LogP contribution is 2.18. The normalized spacial score (nSPS) is 15.1. The summed E-state index contributed by atoms with van der Waals surface area (Å²) in [5.41, 5.74) is 1.09. The zero-order chi connectivity index (χ0) is 11.2. The SMILES string of the molecule is CCc1cc(NCCCNC2CC2)ncn1. The summed E-state index contributed by atoms with van der Waals surface area (Å²) in [4.78, 5) is 8.36. The van der Waals surface area contributed by atoms with Crippen molar-refractivity contribution in [3.05, 3.63) is 18.1 Å². The van der Waals surface area contributed by atoms with Crippen LogP contribution in [0, 0.1) is 0 Å². The molecule has 1 heterocycles. The van der Waals surface area contributed by atoms with E-state index in [-0.39, 0.29) is 0 Å². The Labute approximate surface area is 96.9 Å². The van der Waals surface area contributed by atoms with Crippen molar-refractivity contribution < 1.29 is 0 Å². The minimum atomic E-state index is 0.811. The molecule has 0 atom stereocenters. The molecule has 4 nitrogen and oxygen atoms in total. The monoisotopic (exact) mass is 220 g/mol. The van der Waals surface area contributed by atoms with Crippen molar-refractivity contribution in [1.82, 2.24) is 15.3 Å². The van der Waals surface area contributed by atoms with E-state index in [0.717, 1.165) is 43.5 Å². The first-order valence-corrected chi connectivity index (χ1v) is 6.16. The third-order valence-electron chi connectivity index (χ3n) is 2.76. The van der Waals surface area contributed by atoms with Crippen molar-refractivity contribution in [1.29, 1.82) is 0 Å². The number of hydrogen-bond acceptors (Lipinski definition) is 4. The molecule has 0 radical (unpaired) electrons. The molecule has 16 heavy (non-hydrogen) atoms. The molecule has 0 spiro atoms. The summed E-state index contributed by atoms with van der Waals surface area (Å²) in [7, 11) is 0. The Hall–Kier alpha value is -1.16. The maximum atomic E-state index is 4.19. The molecule has 0 aromatic carbocycles. The first kappa shape index (κ1) is 11.3. The Morgan fingerprint density at radius 1 is 1.31 bits per heavy atom. The van der Waals surface area contributed by atoms with Crippen molar-refractivity contribution >= 4 is 5.82 Å². The average molecular weight is 220 g/mol. The van der Waals surface area contributed by atoms with Crippen molar-refractivity contribution in [2.75, 3.05) is 18.4 Å². The minimum Gasteiger partial charge on any atom is -0.370 e. The Morgan fingerprint density at radius 2 is 2.19 bits per heavy atom. The van der Waals surface area contributed by atoms with Gasteiger partial charge in [-0.25, -0.2) is 9.97 Å². The number of nitrogens with zero attached hydrogens (tertiary/aromatic N) is 2. The van der Waals surface area contributed by atoms with Crippen LogP contribution in [0.25, 0.3) is 0 Å². The second-order valence-corrected chi connectivity index (χ2v) is 4.26. The number of aromatic nitrogens is 2. The van der Waals surface area contributed by atoms with Gasteiger partial charge in [0, 0.05) is 24.3 Å². The number of rotatable bonds is 7. The van der Waals surface area contributed by atoms with Crippen LogP contribution in [0.3, 0.4) is 0 Å². The van der Waals surface area contributed by atoms with Crippen molar-refractivity contribution in [2.45, 2.75) is 38.6 Å². The molecule has 1 aliphatic rings. The molecular formula is C12H20N4. The van der Waals surface area contributed by atoms with Gasteiger partial charge in [-0.05, 0) is 32.2 Å². The van der Waals surface area contributed by atoms with E-state index in [2.05, 4.69) is 27.5 Å². The summed E-state index contributed by atoms with van der Waals surface area (Å²) in [6.45, 7) is 4.18. The molecule has 0 bridgehead atoms. The van der Waals surface area contributed by atoms with Gasteiger partial charge in [-0.15, -0.1) is 0 Å². The van der Waals surface area contributed by atoms with Crippen LogP contribution < -0.4 is 10.6 Å². The molecule has 1 saturated carbocycles. The highest BCUT2D eigenvalue weighted by atomic mass is 15.0. The third kappa shape index (κ3) is 3.77. The van der Waals surface area contributed by atoms with Crippen LogP contribution in [0.1, 0.15) is 31.9 Å². The number of aryl methyl sites for hydroxylation is 1. The number of anilines is 1. The first-order chi connectivity index (χ1) is 7.88. The van der Waals surface area contributed by atoms with E-state index in [1.54, 1.807) is 6.33 Å². The molecule has 0 saturated heterocycles. The Bertz CT molecular complexity index is 323. The van der Waals surface area contributed by atoms with Crippen LogP contribution in [0.4, 0.5) is 5.82 Å². The van der Waals surface area contributed by atoms with Gasteiger partial charge in [0.15, 0.2) is 0 Å². The molecule has 1 fully saturated rings. The zero-order valence-electron chi connectivity index (χ0n) is 9.87. The molecule has 2 rings (SSSR count). The van der Waals surface area contributed by atoms with E-state index < -0.39 is 0 Å². The van der Waals surface area contributed by atoms with Crippen LogP contribution in [0.5, 0.6) is 0 Å². The minimum absolute atomic E-state index is 0.811. The number of hydrogen-bond donors (Lipinski definition) is 2. The molecule has 0 unspecified atom stereocenters. The number of nitrogens with one attached hydrogen (secondary N) is 2. The lowest BCUT2D eigenvalue weighted by Crippen LogP contribution is -2.20. The summed E-state index contributed by atoms with van der Waals surface area (Å²) in [6.07, 6.45) is 6.45. The van der Waals surface area contributed by atoms with Crippen LogP contribution in [0.15, 0.2) is 12.4 Å². The quantitative estimate of drug-likeness (QED) is 0.685. The fourth-order valence-electron chi connectivity index (χ4n) is 1.59. The van der Waals surface area contributed by atoms with Crippen LogP contribution >= 0.6 is 0 Å². The standard InChI is InChI=1S/C12H20N4/c1-2-10-8-12(16-9-15-10)14-7-3-6-13-11-4-5-11/h8-9,11,13H,2-7H2,1H3,(H,14,15,16). The predicted molar refractivity (Wildman–Crippen MR) is 65.5 cm³/mol. The smallest absolute Gasteiger partial charge is 0.129 e. The van der Waals surface area contributed by atoms with Gasteiger partial charge in [-0.2, -0.15) is 0 Å². The van der Waals surface area contributed by atoms with E-state index in [0.29, 0.717) is 0 Å². The fourth-order valence-corrected chi connectivity index (χ4v) is 1.59. The van der Waals surface area contributed by atoms with Gasteiger partial charge < -0.3 is 10.6 Å². The van der Waals surface area contributed by atoms with Gasteiger partial charge >= 0.3 is 0 Å². The third-order valence-corrected chi connectivity index (χ3v) is 2.76. The average Bonchev–Trinajstić information content (AvgIpc) is 3.13. The highest BCUT2D eigenvalue weighted by molar-refractivity contribution is 5.34. The van der Waals surface area contributed by atoms with Gasteiger partial charge in [0.25, 0.3) is 0 Å². The summed E-state index contributed by atoms with van der Waals surface area (Å²) in [6, 6.07) is 2.83. The molecule has 2 N–H and O–H groups in total. The lowest BCUT2D eigenvalue weighted by Gasteiger charge is -2.06. The predicted octanol–water partition coefficient (Wildman–Crippen LogP) is 1.59. The first-order valence-electron chi connectivity index (χ1n) is 6.16. The summed E-state index contributed by atoms with van der Waals surface area (Å²) in [5.74, 6) is 0.943. The van der Waals surface area contributed by atoms with Gasteiger partial charge in [0.1, 0.15) is 12.1 Å². The molecule has 0 amide bonds. The molecule has 1 aromatic rings. The van der Waals surface area contributed by atoms with E-state index >= 15 is 0 Å². The van der Waals surface area contributed by atoms with Crippen molar-refractivity contribution in [3.8, 4) is 0 Å². The van der Waals surface area contributed by atoms with Gasteiger partial charge in [0.2, 0.25) is 0 Å². The Balaban J connectivity index is 1.63.